The molecule has 1 fully saturated rings. The van der Waals surface area contributed by atoms with E-state index in [1.165, 1.54) is 0 Å². The number of carbonyl (C=O) groups is 1. The fourth-order valence-electron chi connectivity index (χ4n) is 2.30. The number of nitrogens with one attached hydrogen (secondary N) is 1. The molecule has 1 atom stereocenters. The molecule has 2 rings (SSSR count). The van der Waals surface area contributed by atoms with E-state index in [0.29, 0.717) is 0 Å². The topological polar surface area (TPSA) is 58.4 Å². The van der Waals surface area contributed by atoms with Crippen LogP contribution < -0.4 is 11.1 Å². The van der Waals surface area contributed by atoms with Crippen LogP contribution in [0.4, 0.5) is 10.5 Å². The van der Waals surface area contributed by atoms with Crippen molar-refractivity contribution in [2.45, 2.75) is 38.0 Å². The van der Waals surface area contributed by atoms with Crippen LogP contribution in [0, 0.1) is 0 Å². The van der Waals surface area contributed by atoms with E-state index < -0.39 is 0 Å². The third kappa shape index (κ3) is 4.64. The summed E-state index contributed by atoms with van der Waals surface area (Å²) in [6, 6.07) is 7.74. The molecular weight excluding hydrogens is 282 g/mol. The van der Waals surface area contributed by atoms with E-state index in [1.54, 1.807) is 0 Å². The number of rotatable bonds is 2. The minimum absolute atomic E-state index is 0.0122. The van der Waals surface area contributed by atoms with Crippen LogP contribution in [0.1, 0.15) is 38.8 Å². The molecule has 1 saturated heterocycles. The number of nitrogens with two attached hydrogens (primary N) is 1. The zero-order valence-corrected chi connectivity index (χ0v) is 13.9. The Morgan fingerprint density at radius 2 is 2.00 bits per heavy atom. The summed E-state index contributed by atoms with van der Waals surface area (Å²) in [4.78, 5) is 14.2. The van der Waals surface area contributed by atoms with E-state index in [4.69, 9.17) is 5.73 Å². The molecule has 0 aliphatic carbocycles. The van der Waals surface area contributed by atoms with Crippen molar-refractivity contribution in [3.05, 3.63) is 29.8 Å². The summed E-state index contributed by atoms with van der Waals surface area (Å²) in [6.45, 7) is 8.05. The van der Waals surface area contributed by atoms with Gasteiger partial charge in [0, 0.05) is 35.3 Å². The van der Waals surface area contributed by atoms with Crippen LogP contribution >= 0.6 is 11.8 Å². The minimum Gasteiger partial charge on any atom is -0.324 e. The Bertz CT molecular complexity index is 485. The normalized spacial score (nSPS) is 19.7. The third-order valence-electron chi connectivity index (χ3n) is 3.81. The Morgan fingerprint density at radius 3 is 2.62 bits per heavy atom. The van der Waals surface area contributed by atoms with E-state index in [2.05, 4.69) is 19.2 Å². The molecule has 4 nitrogen and oxygen atoms in total. The van der Waals surface area contributed by atoms with Gasteiger partial charge >= 0.3 is 6.03 Å². The quantitative estimate of drug-likeness (QED) is 0.879. The fourth-order valence-corrected chi connectivity index (χ4v) is 3.40. The molecule has 5 heteroatoms. The molecular formula is C16H25N3OS. The third-order valence-corrected chi connectivity index (χ3v) is 5.19. The molecule has 0 radical (unpaired) electrons. The number of nitrogens with zero attached hydrogens (tertiary/aromatic N) is 1. The number of hydrogen-bond donors (Lipinski definition) is 2. The van der Waals surface area contributed by atoms with Crippen molar-refractivity contribution in [3.8, 4) is 0 Å². The van der Waals surface area contributed by atoms with Gasteiger partial charge in [0.25, 0.3) is 0 Å². The zero-order chi connectivity index (χ0) is 15.5. The van der Waals surface area contributed by atoms with Gasteiger partial charge in [-0.15, -0.1) is 0 Å². The number of amides is 2. The minimum atomic E-state index is -0.0122. The van der Waals surface area contributed by atoms with E-state index in [1.807, 2.05) is 47.9 Å². The van der Waals surface area contributed by atoms with Crippen molar-refractivity contribution in [1.82, 2.24) is 4.90 Å². The first-order valence-electron chi connectivity index (χ1n) is 7.43. The molecule has 116 valence electrons. The van der Waals surface area contributed by atoms with Gasteiger partial charge in [0.05, 0.1) is 0 Å². The lowest BCUT2D eigenvalue weighted by Gasteiger charge is -2.23. The molecule has 1 aliphatic rings. The largest absolute Gasteiger partial charge is 0.324 e. The number of anilines is 1. The number of hydrogen-bond acceptors (Lipinski definition) is 3. The summed E-state index contributed by atoms with van der Waals surface area (Å²) < 4.78 is 0.258. The zero-order valence-electron chi connectivity index (χ0n) is 13.1. The summed E-state index contributed by atoms with van der Waals surface area (Å²) >= 11 is 1.94. The van der Waals surface area contributed by atoms with Gasteiger partial charge in [0.1, 0.15) is 0 Å². The molecule has 0 bridgehead atoms. The van der Waals surface area contributed by atoms with Crippen molar-refractivity contribution < 1.29 is 4.79 Å². The molecule has 2 amide bonds. The first-order valence-corrected chi connectivity index (χ1v) is 8.41. The smallest absolute Gasteiger partial charge is 0.321 e. The Hall–Kier alpha value is -1.20. The van der Waals surface area contributed by atoms with Crippen LogP contribution in [0.3, 0.4) is 0 Å². The maximum Gasteiger partial charge on any atom is 0.321 e. The number of carbonyl (C=O) groups excluding carboxylic acids is 1. The van der Waals surface area contributed by atoms with E-state index in [0.717, 1.165) is 36.5 Å². The summed E-state index contributed by atoms with van der Waals surface area (Å²) in [5.74, 6) is 0.990. The van der Waals surface area contributed by atoms with Crippen molar-refractivity contribution in [3.63, 3.8) is 0 Å². The second kappa shape index (κ2) is 6.71. The highest BCUT2D eigenvalue weighted by molar-refractivity contribution is 8.00. The van der Waals surface area contributed by atoms with E-state index in [9.17, 15) is 4.79 Å². The summed E-state index contributed by atoms with van der Waals surface area (Å²) in [7, 11) is 0. The molecule has 1 unspecified atom stereocenters. The number of urea groups is 1. The SMILES string of the molecule is CC(N)c1ccc(NC(=O)N2CCSC(C)(C)CC2)cc1. The molecule has 1 aliphatic heterocycles. The molecule has 21 heavy (non-hydrogen) atoms. The Balaban J connectivity index is 1.94. The Morgan fingerprint density at radius 1 is 1.33 bits per heavy atom. The fraction of sp³-hybridized carbons (Fsp3) is 0.562. The highest BCUT2D eigenvalue weighted by Gasteiger charge is 2.25. The van der Waals surface area contributed by atoms with Gasteiger partial charge in [0.2, 0.25) is 0 Å². The van der Waals surface area contributed by atoms with Crippen LogP contribution in [0.25, 0.3) is 0 Å². The van der Waals surface area contributed by atoms with Crippen molar-refractivity contribution >= 4 is 23.5 Å². The summed E-state index contributed by atoms with van der Waals surface area (Å²) in [6.07, 6.45) is 1.02. The van der Waals surface area contributed by atoms with Gasteiger partial charge in [-0.1, -0.05) is 26.0 Å². The second-order valence-electron chi connectivity index (χ2n) is 6.19. The first-order chi connectivity index (χ1) is 9.87. The summed E-state index contributed by atoms with van der Waals surface area (Å²) in [5.41, 5.74) is 7.72. The molecule has 0 aromatic heterocycles. The maximum absolute atomic E-state index is 12.3. The van der Waals surface area contributed by atoms with Gasteiger partial charge in [-0.25, -0.2) is 4.79 Å². The molecule has 0 spiro atoms. The van der Waals surface area contributed by atoms with Crippen LogP contribution in [-0.2, 0) is 0 Å². The number of benzene rings is 1. The first kappa shape index (κ1) is 16.2. The lowest BCUT2D eigenvalue weighted by atomic mass is 10.1. The van der Waals surface area contributed by atoms with Crippen LogP contribution in [0.2, 0.25) is 0 Å². The highest BCUT2D eigenvalue weighted by Crippen LogP contribution is 2.30. The van der Waals surface area contributed by atoms with E-state index >= 15 is 0 Å². The Kier molecular flexibility index (Phi) is 5.17. The predicted molar refractivity (Wildman–Crippen MR) is 90.8 cm³/mol. The van der Waals surface area contributed by atoms with Gasteiger partial charge in [-0.05, 0) is 31.0 Å². The van der Waals surface area contributed by atoms with Gasteiger partial charge in [-0.3, -0.25) is 0 Å². The average Bonchev–Trinajstić information content (AvgIpc) is 2.60. The molecule has 0 saturated carbocycles. The summed E-state index contributed by atoms with van der Waals surface area (Å²) in [5, 5.41) is 2.97. The lowest BCUT2D eigenvalue weighted by molar-refractivity contribution is 0.214. The standard InChI is InChI=1S/C16H25N3OS/c1-12(17)13-4-6-14(7-5-13)18-15(20)19-9-8-16(2,3)21-11-10-19/h4-7,12H,8-11,17H2,1-3H3,(H,18,20). The second-order valence-corrected chi connectivity index (χ2v) is 7.99. The average molecular weight is 307 g/mol. The van der Waals surface area contributed by atoms with Gasteiger partial charge in [-0.2, -0.15) is 11.8 Å². The molecule has 1 aromatic carbocycles. The Labute approximate surface area is 131 Å². The molecule has 3 N–H and O–H groups in total. The predicted octanol–water partition coefficient (Wildman–Crippen LogP) is 3.46. The van der Waals surface area contributed by atoms with Crippen molar-refractivity contribution in [1.29, 1.82) is 0 Å². The van der Waals surface area contributed by atoms with Gasteiger partial charge in [0.15, 0.2) is 0 Å². The lowest BCUT2D eigenvalue weighted by Crippen LogP contribution is -2.37. The van der Waals surface area contributed by atoms with Crippen LogP contribution in [0.15, 0.2) is 24.3 Å². The van der Waals surface area contributed by atoms with Crippen LogP contribution in [-0.4, -0.2) is 34.5 Å². The highest BCUT2D eigenvalue weighted by atomic mass is 32.2. The maximum atomic E-state index is 12.3. The molecule has 1 heterocycles. The monoisotopic (exact) mass is 307 g/mol. The van der Waals surface area contributed by atoms with Gasteiger partial charge < -0.3 is 16.0 Å². The van der Waals surface area contributed by atoms with E-state index in [-0.39, 0.29) is 16.8 Å². The van der Waals surface area contributed by atoms with Crippen LogP contribution in [0.5, 0.6) is 0 Å². The van der Waals surface area contributed by atoms with Crippen molar-refractivity contribution in [2.75, 3.05) is 24.2 Å². The number of thioether (sulfide) groups is 1. The van der Waals surface area contributed by atoms with Crippen molar-refractivity contribution in [2.24, 2.45) is 5.73 Å². The molecule has 1 aromatic rings.